The summed E-state index contributed by atoms with van der Waals surface area (Å²) in [6.07, 6.45) is -3.87. The molecule has 74 valence electrons. The molecular weight excluding hydrogens is 197 g/mol. The summed E-state index contributed by atoms with van der Waals surface area (Å²) in [6, 6.07) is 0.551. The first kappa shape index (κ1) is 10.3. The maximum Gasteiger partial charge on any atom is 0.416 e. The van der Waals surface area contributed by atoms with Crippen molar-refractivity contribution in [1.82, 2.24) is 4.57 Å². The summed E-state index contributed by atoms with van der Waals surface area (Å²) in [7, 11) is 1.17. The molecule has 0 bridgehead atoms. The fourth-order valence-corrected chi connectivity index (χ4v) is 0.929. The summed E-state index contributed by atoms with van der Waals surface area (Å²) in [5.41, 5.74) is -2.25. The third-order valence-electron chi connectivity index (χ3n) is 1.61. The molecule has 0 saturated heterocycles. The van der Waals surface area contributed by atoms with E-state index in [9.17, 15) is 18.0 Å². The van der Waals surface area contributed by atoms with E-state index in [2.05, 4.69) is 4.85 Å². The number of aromatic nitrogens is 1. The van der Waals surface area contributed by atoms with Gasteiger partial charge in [-0.2, -0.15) is 13.2 Å². The zero-order valence-electron chi connectivity index (χ0n) is 7.09. The van der Waals surface area contributed by atoms with E-state index < -0.39 is 23.0 Å². The molecule has 0 fully saturated rings. The van der Waals surface area contributed by atoms with Gasteiger partial charge >= 0.3 is 6.18 Å². The van der Waals surface area contributed by atoms with E-state index in [4.69, 9.17) is 6.57 Å². The minimum absolute atomic E-state index is 0.526. The molecule has 0 radical (unpaired) electrons. The molecule has 1 aromatic heterocycles. The summed E-state index contributed by atoms with van der Waals surface area (Å²) >= 11 is 0. The lowest BCUT2D eigenvalue weighted by atomic mass is 10.2. The summed E-state index contributed by atoms with van der Waals surface area (Å²) in [5.74, 6) is 0. The fourth-order valence-electron chi connectivity index (χ4n) is 0.929. The standard InChI is InChI=1S/C8H5F3N2O/c1-12-6-3-5(8(9,10)11)4-13(2)7(6)14/h3-4H,2H3. The highest BCUT2D eigenvalue weighted by molar-refractivity contribution is 5.44. The summed E-state index contributed by atoms with van der Waals surface area (Å²) in [5, 5.41) is 0. The van der Waals surface area contributed by atoms with Crippen LogP contribution in [0.25, 0.3) is 4.85 Å². The molecule has 0 N–H and O–H groups in total. The highest BCUT2D eigenvalue weighted by atomic mass is 19.4. The average Bonchev–Trinajstić information content (AvgIpc) is 2.07. The van der Waals surface area contributed by atoms with Gasteiger partial charge in [-0.05, 0) is 6.07 Å². The third-order valence-corrected chi connectivity index (χ3v) is 1.61. The molecule has 0 amide bonds. The quantitative estimate of drug-likeness (QED) is 0.590. The van der Waals surface area contributed by atoms with Crippen LogP contribution in [0.4, 0.5) is 18.9 Å². The second-order valence-corrected chi connectivity index (χ2v) is 2.64. The summed E-state index contributed by atoms with van der Waals surface area (Å²) < 4.78 is 37.3. The van der Waals surface area contributed by atoms with Gasteiger partial charge in [0.1, 0.15) is 0 Å². The van der Waals surface area contributed by atoms with Crippen molar-refractivity contribution in [2.75, 3.05) is 0 Å². The molecule has 3 nitrogen and oxygen atoms in total. The molecule has 0 aliphatic heterocycles. The number of alkyl halides is 3. The Morgan fingerprint density at radius 3 is 2.50 bits per heavy atom. The Balaban J connectivity index is 3.48. The van der Waals surface area contributed by atoms with E-state index in [0.717, 1.165) is 4.57 Å². The van der Waals surface area contributed by atoms with Crippen LogP contribution in [0.15, 0.2) is 17.1 Å². The minimum atomic E-state index is -4.54. The van der Waals surface area contributed by atoms with Gasteiger partial charge in [0.05, 0.1) is 12.1 Å². The SMILES string of the molecule is [C-]#[N+]c1cc(C(F)(F)F)cn(C)c1=O. The van der Waals surface area contributed by atoms with Gasteiger partial charge < -0.3 is 4.57 Å². The molecule has 0 spiro atoms. The van der Waals surface area contributed by atoms with Crippen molar-refractivity contribution in [1.29, 1.82) is 0 Å². The largest absolute Gasteiger partial charge is 0.416 e. The molecule has 0 unspecified atom stereocenters. The van der Waals surface area contributed by atoms with E-state index in [-0.39, 0.29) is 0 Å². The van der Waals surface area contributed by atoms with Crippen LogP contribution in [0.2, 0.25) is 0 Å². The second kappa shape index (κ2) is 3.18. The van der Waals surface area contributed by atoms with Crippen LogP contribution >= 0.6 is 0 Å². The average molecular weight is 202 g/mol. The molecule has 0 aromatic carbocycles. The van der Waals surface area contributed by atoms with Gasteiger partial charge in [0.25, 0.3) is 11.2 Å². The normalized spacial score (nSPS) is 11.1. The van der Waals surface area contributed by atoms with E-state index in [1.54, 1.807) is 0 Å². The first-order chi connectivity index (χ1) is 6.36. The minimum Gasteiger partial charge on any atom is -0.327 e. The first-order valence-corrected chi connectivity index (χ1v) is 3.51. The molecule has 6 heteroatoms. The van der Waals surface area contributed by atoms with Crippen LogP contribution in [-0.4, -0.2) is 4.57 Å². The van der Waals surface area contributed by atoms with E-state index in [1.165, 1.54) is 7.05 Å². The Morgan fingerprint density at radius 1 is 1.50 bits per heavy atom. The topological polar surface area (TPSA) is 26.4 Å². The lowest BCUT2D eigenvalue weighted by Crippen LogP contribution is -2.18. The number of halogens is 3. The molecule has 1 heterocycles. The Morgan fingerprint density at radius 2 is 2.07 bits per heavy atom. The van der Waals surface area contributed by atoms with Crippen molar-refractivity contribution >= 4 is 5.69 Å². The van der Waals surface area contributed by atoms with Crippen LogP contribution in [0.1, 0.15) is 5.56 Å². The number of aryl methyl sites for hydroxylation is 1. The summed E-state index contributed by atoms with van der Waals surface area (Å²) in [4.78, 5) is 13.8. The van der Waals surface area contributed by atoms with Gasteiger partial charge in [-0.25, -0.2) is 4.85 Å². The predicted molar refractivity (Wildman–Crippen MR) is 42.9 cm³/mol. The van der Waals surface area contributed by atoms with E-state index >= 15 is 0 Å². The highest BCUT2D eigenvalue weighted by Crippen LogP contribution is 2.29. The van der Waals surface area contributed by atoms with Crippen molar-refractivity contribution < 1.29 is 13.2 Å². The molecule has 14 heavy (non-hydrogen) atoms. The number of pyridine rings is 1. The Labute approximate surface area is 77.2 Å². The van der Waals surface area contributed by atoms with Crippen LogP contribution in [0.3, 0.4) is 0 Å². The molecule has 1 aromatic rings. The van der Waals surface area contributed by atoms with Crippen molar-refractivity contribution in [3.63, 3.8) is 0 Å². The molecule has 0 atom stereocenters. The second-order valence-electron chi connectivity index (χ2n) is 2.64. The molecule has 0 aliphatic rings. The van der Waals surface area contributed by atoms with Gasteiger partial charge in [-0.15, -0.1) is 0 Å². The Bertz CT molecular complexity index is 453. The van der Waals surface area contributed by atoms with Gasteiger partial charge in [0, 0.05) is 13.2 Å². The van der Waals surface area contributed by atoms with Crippen molar-refractivity contribution in [3.8, 4) is 0 Å². The van der Waals surface area contributed by atoms with Crippen molar-refractivity contribution in [2.45, 2.75) is 6.18 Å². The van der Waals surface area contributed by atoms with Crippen LogP contribution < -0.4 is 5.56 Å². The predicted octanol–water partition coefficient (Wildman–Crippen LogP) is 1.95. The Kier molecular flexibility index (Phi) is 2.34. The number of hydrogen-bond donors (Lipinski definition) is 0. The van der Waals surface area contributed by atoms with Crippen molar-refractivity contribution in [2.24, 2.45) is 7.05 Å². The van der Waals surface area contributed by atoms with E-state index in [0.29, 0.717) is 12.3 Å². The maximum atomic E-state index is 12.2. The number of rotatable bonds is 0. The van der Waals surface area contributed by atoms with Crippen LogP contribution in [0.5, 0.6) is 0 Å². The number of hydrogen-bond acceptors (Lipinski definition) is 1. The first-order valence-electron chi connectivity index (χ1n) is 3.51. The van der Waals surface area contributed by atoms with Crippen LogP contribution in [0, 0.1) is 6.57 Å². The molecular formula is C8H5F3N2O. The zero-order chi connectivity index (χ0) is 10.9. The fraction of sp³-hybridized carbons (Fsp3) is 0.250. The monoisotopic (exact) mass is 202 g/mol. The molecule has 0 aliphatic carbocycles. The zero-order valence-corrected chi connectivity index (χ0v) is 7.09. The van der Waals surface area contributed by atoms with Crippen molar-refractivity contribution in [3.05, 3.63) is 39.6 Å². The van der Waals surface area contributed by atoms with Crippen LogP contribution in [-0.2, 0) is 13.2 Å². The van der Waals surface area contributed by atoms with Gasteiger partial charge in [-0.3, -0.25) is 4.79 Å². The number of nitrogens with zero attached hydrogens (tertiary/aromatic N) is 2. The Hall–Kier alpha value is -1.77. The third kappa shape index (κ3) is 1.76. The lowest BCUT2D eigenvalue weighted by molar-refractivity contribution is -0.138. The van der Waals surface area contributed by atoms with Gasteiger partial charge in [-0.1, -0.05) is 0 Å². The smallest absolute Gasteiger partial charge is 0.327 e. The summed E-state index contributed by atoms with van der Waals surface area (Å²) in [6.45, 7) is 6.53. The van der Waals surface area contributed by atoms with Gasteiger partial charge in [0.2, 0.25) is 0 Å². The highest BCUT2D eigenvalue weighted by Gasteiger charge is 2.31. The van der Waals surface area contributed by atoms with E-state index in [1.807, 2.05) is 0 Å². The molecule has 0 saturated carbocycles. The van der Waals surface area contributed by atoms with Gasteiger partial charge in [0.15, 0.2) is 0 Å². The molecule has 1 rings (SSSR count). The maximum absolute atomic E-state index is 12.2. The lowest BCUT2D eigenvalue weighted by Gasteiger charge is -2.08.